The Labute approximate surface area is 99.8 Å². The highest BCUT2D eigenvalue weighted by molar-refractivity contribution is 9.11. The number of hydrogen-bond donors (Lipinski definition) is 1. The fourth-order valence-corrected chi connectivity index (χ4v) is 2.38. The van der Waals surface area contributed by atoms with E-state index in [0.29, 0.717) is 5.89 Å². The first-order chi connectivity index (χ1) is 7.34. The molecule has 0 saturated heterocycles. The van der Waals surface area contributed by atoms with E-state index in [1.54, 1.807) is 11.3 Å². The van der Waals surface area contributed by atoms with Gasteiger partial charge in [0.1, 0.15) is 0 Å². The predicted octanol–water partition coefficient (Wildman–Crippen LogP) is 2.23. The van der Waals surface area contributed by atoms with Gasteiger partial charge in [0.05, 0.1) is 3.79 Å². The summed E-state index contributed by atoms with van der Waals surface area (Å²) in [6.45, 7) is 1.71. The number of aromatic nitrogens is 2. The van der Waals surface area contributed by atoms with Gasteiger partial charge in [-0.05, 0) is 32.9 Å². The zero-order valence-electron chi connectivity index (χ0n) is 7.94. The van der Waals surface area contributed by atoms with Crippen LogP contribution in [0.15, 0.2) is 26.1 Å². The molecule has 1 N–H and O–H groups in total. The first kappa shape index (κ1) is 10.8. The van der Waals surface area contributed by atoms with E-state index in [9.17, 15) is 0 Å². The average Bonchev–Trinajstić information content (AvgIpc) is 2.84. The maximum absolute atomic E-state index is 4.88. The minimum Gasteiger partial charge on any atom is -0.340 e. The van der Waals surface area contributed by atoms with Crippen LogP contribution in [0.1, 0.15) is 11.5 Å². The Kier molecular flexibility index (Phi) is 3.87. The Morgan fingerprint density at radius 2 is 2.47 bits per heavy atom. The van der Waals surface area contributed by atoms with Crippen molar-refractivity contribution in [2.75, 3.05) is 6.54 Å². The van der Waals surface area contributed by atoms with E-state index in [0.717, 1.165) is 23.3 Å². The Bertz CT molecular complexity index is 401. The molecule has 2 rings (SSSR count). The van der Waals surface area contributed by atoms with Crippen molar-refractivity contribution in [3.05, 3.63) is 33.0 Å². The van der Waals surface area contributed by atoms with Crippen LogP contribution in [0.3, 0.4) is 0 Å². The lowest BCUT2D eigenvalue weighted by atomic mass is 10.3. The molecule has 2 heterocycles. The molecule has 0 fully saturated rings. The summed E-state index contributed by atoms with van der Waals surface area (Å²) in [5.74, 6) is 0.675. The Morgan fingerprint density at radius 1 is 1.53 bits per heavy atom. The summed E-state index contributed by atoms with van der Waals surface area (Å²) in [7, 11) is 0. The van der Waals surface area contributed by atoms with Crippen molar-refractivity contribution < 1.29 is 4.52 Å². The van der Waals surface area contributed by atoms with Gasteiger partial charge in [0.2, 0.25) is 5.89 Å². The molecule has 0 atom stereocenters. The molecule has 0 amide bonds. The fraction of sp³-hybridized carbons (Fsp3) is 0.333. The summed E-state index contributed by atoms with van der Waals surface area (Å²) >= 11 is 5.13. The summed E-state index contributed by atoms with van der Waals surface area (Å²) in [4.78, 5) is 3.94. The quantitative estimate of drug-likeness (QED) is 0.857. The van der Waals surface area contributed by atoms with Gasteiger partial charge in [-0.15, -0.1) is 11.3 Å². The van der Waals surface area contributed by atoms with E-state index in [1.807, 2.05) is 0 Å². The minimum atomic E-state index is 0.675. The molecule has 0 aliphatic carbocycles. The van der Waals surface area contributed by atoms with Crippen molar-refractivity contribution in [2.24, 2.45) is 0 Å². The number of rotatable bonds is 5. The second-order valence-corrected chi connectivity index (χ2v) is 5.31. The van der Waals surface area contributed by atoms with Crippen LogP contribution in [0.5, 0.6) is 0 Å². The van der Waals surface area contributed by atoms with E-state index >= 15 is 0 Å². The molecule has 0 saturated carbocycles. The highest BCUT2D eigenvalue weighted by atomic mass is 79.9. The Balaban J connectivity index is 1.67. The van der Waals surface area contributed by atoms with Crippen LogP contribution in [0.2, 0.25) is 0 Å². The van der Waals surface area contributed by atoms with Gasteiger partial charge in [0.25, 0.3) is 0 Å². The molecule has 6 heteroatoms. The number of nitrogens with one attached hydrogen (secondary N) is 1. The van der Waals surface area contributed by atoms with Gasteiger partial charge in [-0.3, -0.25) is 0 Å². The van der Waals surface area contributed by atoms with Gasteiger partial charge >= 0.3 is 0 Å². The van der Waals surface area contributed by atoms with Crippen molar-refractivity contribution in [1.82, 2.24) is 15.5 Å². The van der Waals surface area contributed by atoms with Crippen molar-refractivity contribution in [2.45, 2.75) is 13.0 Å². The zero-order valence-corrected chi connectivity index (χ0v) is 10.3. The highest BCUT2D eigenvalue weighted by Crippen LogP contribution is 2.20. The van der Waals surface area contributed by atoms with Crippen LogP contribution < -0.4 is 5.32 Å². The van der Waals surface area contributed by atoms with Crippen LogP contribution in [0.4, 0.5) is 0 Å². The highest BCUT2D eigenvalue weighted by Gasteiger charge is 1.99. The molecule has 2 aromatic heterocycles. The molecule has 80 valence electrons. The first-order valence-corrected chi connectivity index (χ1v) is 6.21. The first-order valence-electron chi connectivity index (χ1n) is 4.54. The molecule has 0 unspecified atom stereocenters. The van der Waals surface area contributed by atoms with Crippen molar-refractivity contribution >= 4 is 27.3 Å². The van der Waals surface area contributed by atoms with Gasteiger partial charge in [-0.25, -0.2) is 0 Å². The summed E-state index contributed by atoms with van der Waals surface area (Å²) in [5.41, 5.74) is 1.29. The van der Waals surface area contributed by atoms with Crippen LogP contribution in [0, 0.1) is 0 Å². The molecule has 0 bridgehead atoms. The third-order valence-corrected chi connectivity index (χ3v) is 3.43. The van der Waals surface area contributed by atoms with Gasteiger partial charge in [-0.2, -0.15) is 4.98 Å². The number of thiophene rings is 1. The molecular formula is C9H10BrN3OS. The molecule has 0 aliphatic heterocycles. The van der Waals surface area contributed by atoms with Crippen molar-refractivity contribution in [1.29, 1.82) is 0 Å². The van der Waals surface area contributed by atoms with E-state index in [2.05, 4.69) is 42.8 Å². The standard InChI is InChI=1S/C9H10BrN3OS/c10-8-3-7(5-15-8)4-11-2-1-9-12-6-13-14-9/h3,5-6,11H,1-2,4H2. The third kappa shape index (κ3) is 3.40. The third-order valence-electron chi connectivity index (χ3n) is 1.87. The van der Waals surface area contributed by atoms with Crippen LogP contribution >= 0.6 is 27.3 Å². The van der Waals surface area contributed by atoms with Crippen LogP contribution in [-0.2, 0) is 13.0 Å². The van der Waals surface area contributed by atoms with Crippen molar-refractivity contribution in [3.63, 3.8) is 0 Å². The lowest BCUT2D eigenvalue weighted by Gasteiger charge is -1.99. The van der Waals surface area contributed by atoms with Gasteiger partial charge < -0.3 is 9.84 Å². The fourth-order valence-electron chi connectivity index (χ4n) is 1.17. The van der Waals surface area contributed by atoms with Crippen molar-refractivity contribution in [3.8, 4) is 0 Å². The zero-order chi connectivity index (χ0) is 10.5. The summed E-state index contributed by atoms with van der Waals surface area (Å²) in [5, 5.41) is 8.98. The topological polar surface area (TPSA) is 51.0 Å². The van der Waals surface area contributed by atoms with Crippen LogP contribution in [0.25, 0.3) is 0 Å². The van der Waals surface area contributed by atoms with E-state index in [4.69, 9.17) is 4.52 Å². The maximum atomic E-state index is 4.88. The molecule has 0 aliphatic rings. The largest absolute Gasteiger partial charge is 0.340 e. The summed E-state index contributed by atoms with van der Waals surface area (Å²) in [6.07, 6.45) is 2.19. The lowest BCUT2D eigenvalue weighted by Crippen LogP contribution is -2.16. The van der Waals surface area contributed by atoms with E-state index < -0.39 is 0 Å². The molecule has 2 aromatic rings. The Hall–Kier alpha value is -0.720. The smallest absolute Gasteiger partial charge is 0.227 e. The van der Waals surface area contributed by atoms with Gasteiger partial charge in [-0.1, -0.05) is 5.16 Å². The molecule has 0 spiro atoms. The monoisotopic (exact) mass is 287 g/mol. The lowest BCUT2D eigenvalue weighted by molar-refractivity contribution is 0.375. The predicted molar refractivity (Wildman–Crippen MR) is 61.7 cm³/mol. The van der Waals surface area contributed by atoms with Gasteiger partial charge in [0, 0.05) is 19.5 Å². The summed E-state index contributed by atoms with van der Waals surface area (Å²) in [6, 6.07) is 2.12. The Morgan fingerprint density at radius 3 is 3.13 bits per heavy atom. The van der Waals surface area contributed by atoms with Crippen LogP contribution in [-0.4, -0.2) is 16.7 Å². The number of halogens is 1. The van der Waals surface area contributed by atoms with E-state index in [-0.39, 0.29) is 0 Å². The SMILES string of the molecule is Brc1cc(CNCCc2ncno2)cs1. The molecule has 0 radical (unpaired) electrons. The minimum absolute atomic E-state index is 0.675. The molecular weight excluding hydrogens is 278 g/mol. The normalized spacial score (nSPS) is 10.7. The number of nitrogens with zero attached hydrogens (tertiary/aromatic N) is 2. The average molecular weight is 288 g/mol. The second kappa shape index (κ2) is 5.39. The number of hydrogen-bond acceptors (Lipinski definition) is 5. The second-order valence-electron chi connectivity index (χ2n) is 3.02. The van der Waals surface area contributed by atoms with E-state index in [1.165, 1.54) is 11.9 Å². The molecule has 4 nitrogen and oxygen atoms in total. The maximum Gasteiger partial charge on any atom is 0.227 e. The molecule has 0 aromatic carbocycles. The molecule has 15 heavy (non-hydrogen) atoms. The summed E-state index contributed by atoms with van der Waals surface area (Å²) < 4.78 is 6.05. The van der Waals surface area contributed by atoms with Gasteiger partial charge in [0.15, 0.2) is 6.33 Å².